The van der Waals surface area contributed by atoms with E-state index in [1.165, 1.54) is 0 Å². The Balaban J connectivity index is 2.49. The lowest BCUT2D eigenvalue weighted by atomic mass is 10.2. The zero-order valence-corrected chi connectivity index (χ0v) is 10.7. The minimum Gasteiger partial charge on any atom is -0.503 e. The van der Waals surface area contributed by atoms with Crippen molar-refractivity contribution in [2.45, 2.75) is 13.3 Å². The first kappa shape index (κ1) is 15.7. The smallest absolute Gasteiger partial charge is 0.319 e. The Labute approximate surface area is 113 Å². The summed E-state index contributed by atoms with van der Waals surface area (Å²) in [5.74, 6) is -3.48. The van der Waals surface area contributed by atoms with E-state index in [0.717, 1.165) is 6.07 Å². The molecule has 0 heterocycles. The van der Waals surface area contributed by atoms with Gasteiger partial charge in [-0.3, -0.25) is 4.79 Å². The molecule has 0 aliphatic heterocycles. The molecule has 0 fully saturated rings. The van der Waals surface area contributed by atoms with Gasteiger partial charge in [-0.15, -0.1) is 0 Å². The van der Waals surface area contributed by atoms with E-state index in [1.54, 1.807) is 6.92 Å². The molecule has 0 spiro atoms. The molecular weight excluding hydrogens is 274 g/mol. The number of hydrogen-bond donors (Lipinski definition) is 3. The van der Waals surface area contributed by atoms with Crippen LogP contribution in [-0.4, -0.2) is 30.3 Å². The molecular formula is C12H14F2N2O4. The molecule has 0 saturated heterocycles. The van der Waals surface area contributed by atoms with Crippen molar-refractivity contribution in [1.82, 2.24) is 5.32 Å². The van der Waals surface area contributed by atoms with Crippen molar-refractivity contribution in [2.75, 3.05) is 18.5 Å². The van der Waals surface area contributed by atoms with Crippen LogP contribution in [0.1, 0.15) is 13.3 Å². The summed E-state index contributed by atoms with van der Waals surface area (Å²) < 4.78 is 30.6. The number of carbonyl (C=O) groups excluding carboxylic acids is 2. The summed E-state index contributed by atoms with van der Waals surface area (Å²) in [5, 5.41) is 13.6. The maximum atomic E-state index is 13.0. The number of amides is 2. The van der Waals surface area contributed by atoms with E-state index in [4.69, 9.17) is 0 Å². The van der Waals surface area contributed by atoms with Crippen LogP contribution in [0.2, 0.25) is 0 Å². The molecule has 110 valence electrons. The van der Waals surface area contributed by atoms with Crippen LogP contribution >= 0.6 is 0 Å². The van der Waals surface area contributed by atoms with Gasteiger partial charge < -0.3 is 20.5 Å². The molecule has 0 radical (unpaired) electrons. The monoisotopic (exact) mass is 288 g/mol. The molecule has 0 aliphatic rings. The molecule has 20 heavy (non-hydrogen) atoms. The van der Waals surface area contributed by atoms with Crippen molar-refractivity contribution < 1.29 is 28.2 Å². The fourth-order valence-corrected chi connectivity index (χ4v) is 1.34. The summed E-state index contributed by atoms with van der Waals surface area (Å²) in [6.45, 7) is 1.88. The molecule has 0 atom stereocenters. The molecule has 2 amide bonds. The van der Waals surface area contributed by atoms with Crippen LogP contribution in [0.15, 0.2) is 12.1 Å². The van der Waals surface area contributed by atoms with E-state index in [0.29, 0.717) is 6.07 Å². The van der Waals surface area contributed by atoms with Gasteiger partial charge in [0.05, 0.1) is 18.7 Å². The van der Waals surface area contributed by atoms with Gasteiger partial charge in [0, 0.05) is 18.7 Å². The van der Waals surface area contributed by atoms with Crippen LogP contribution in [-0.2, 0) is 9.53 Å². The maximum absolute atomic E-state index is 13.0. The number of rotatable bonds is 5. The average molecular weight is 288 g/mol. The Kier molecular flexibility index (Phi) is 5.70. The molecule has 1 rings (SSSR count). The number of carbonyl (C=O) groups is 2. The highest BCUT2D eigenvalue weighted by Gasteiger charge is 2.12. The van der Waals surface area contributed by atoms with Crippen LogP contribution in [0.4, 0.5) is 19.3 Å². The van der Waals surface area contributed by atoms with Gasteiger partial charge in [-0.25, -0.2) is 13.6 Å². The number of ether oxygens (including phenoxy) is 1. The molecule has 6 nitrogen and oxygen atoms in total. The summed E-state index contributed by atoms with van der Waals surface area (Å²) in [7, 11) is 0. The van der Waals surface area contributed by atoms with Crippen molar-refractivity contribution in [1.29, 1.82) is 0 Å². The Morgan fingerprint density at radius 1 is 1.35 bits per heavy atom. The molecule has 8 heteroatoms. The second-order valence-electron chi connectivity index (χ2n) is 3.72. The topological polar surface area (TPSA) is 87.7 Å². The van der Waals surface area contributed by atoms with Crippen LogP contribution in [0.5, 0.6) is 5.75 Å². The lowest BCUT2D eigenvalue weighted by Gasteiger charge is -2.09. The quantitative estimate of drug-likeness (QED) is 0.569. The number of nitrogens with one attached hydrogen (secondary N) is 2. The predicted octanol–water partition coefficient (Wildman–Crippen LogP) is 1.75. The minimum atomic E-state index is -1.19. The van der Waals surface area contributed by atoms with E-state index in [-0.39, 0.29) is 19.6 Å². The summed E-state index contributed by atoms with van der Waals surface area (Å²) in [4.78, 5) is 22.4. The highest BCUT2D eigenvalue weighted by molar-refractivity contribution is 5.91. The number of phenolic OH excluding ortho intramolecular Hbond substituents is 1. The molecule has 0 bridgehead atoms. The Morgan fingerprint density at radius 2 is 2.05 bits per heavy atom. The van der Waals surface area contributed by atoms with E-state index >= 15 is 0 Å². The highest BCUT2D eigenvalue weighted by atomic mass is 19.1. The number of esters is 1. The third kappa shape index (κ3) is 4.71. The van der Waals surface area contributed by atoms with Crippen molar-refractivity contribution in [3.05, 3.63) is 23.8 Å². The molecule has 0 unspecified atom stereocenters. The van der Waals surface area contributed by atoms with Gasteiger partial charge in [-0.05, 0) is 6.92 Å². The number of phenols is 1. The predicted molar refractivity (Wildman–Crippen MR) is 66.3 cm³/mol. The number of urea groups is 1. The second-order valence-corrected chi connectivity index (χ2v) is 3.72. The number of hydrogen-bond acceptors (Lipinski definition) is 4. The SMILES string of the molecule is CCOC(=O)CCNC(=O)Nc1cc(F)cc(F)c1O. The molecule has 1 aromatic rings. The lowest BCUT2D eigenvalue weighted by molar-refractivity contribution is -0.142. The van der Waals surface area contributed by atoms with Crippen molar-refractivity contribution >= 4 is 17.7 Å². The first-order chi connectivity index (χ1) is 9.43. The fraction of sp³-hybridized carbons (Fsp3) is 0.333. The summed E-state index contributed by atoms with van der Waals surface area (Å²) in [6.07, 6.45) is -0.0370. The van der Waals surface area contributed by atoms with Gasteiger partial charge >= 0.3 is 12.0 Å². The summed E-state index contributed by atoms with van der Waals surface area (Å²) >= 11 is 0. The minimum absolute atomic E-state index is 0.0107. The normalized spacial score (nSPS) is 9.95. The second kappa shape index (κ2) is 7.27. The third-order valence-corrected chi connectivity index (χ3v) is 2.20. The van der Waals surface area contributed by atoms with Gasteiger partial charge in [-0.2, -0.15) is 0 Å². The molecule has 0 aliphatic carbocycles. The zero-order chi connectivity index (χ0) is 15.1. The van der Waals surface area contributed by atoms with Crippen LogP contribution < -0.4 is 10.6 Å². The summed E-state index contributed by atoms with van der Waals surface area (Å²) in [6, 6.07) is 0.442. The first-order valence-electron chi connectivity index (χ1n) is 5.82. The number of benzene rings is 1. The van der Waals surface area contributed by atoms with Gasteiger partial charge in [0.15, 0.2) is 11.6 Å². The number of anilines is 1. The van der Waals surface area contributed by atoms with E-state index < -0.39 is 35.1 Å². The van der Waals surface area contributed by atoms with E-state index in [2.05, 4.69) is 15.4 Å². The average Bonchev–Trinajstić information content (AvgIpc) is 2.35. The van der Waals surface area contributed by atoms with Crippen LogP contribution in [0.3, 0.4) is 0 Å². The van der Waals surface area contributed by atoms with Gasteiger partial charge in [0.25, 0.3) is 0 Å². The lowest BCUT2D eigenvalue weighted by Crippen LogP contribution is -2.31. The largest absolute Gasteiger partial charge is 0.503 e. The van der Waals surface area contributed by atoms with Gasteiger partial charge in [-0.1, -0.05) is 0 Å². The van der Waals surface area contributed by atoms with E-state index in [1.807, 2.05) is 0 Å². The van der Waals surface area contributed by atoms with Gasteiger partial charge in [0.2, 0.25) is 0 Å². The number of halogens is 2. The third-order valence-electron chi connectivity index (χ3n) is 2.20. The molecule has 1 aromatic carbocycles. The molecule has 0 saturated carbocycles. The molecule has 3 N–H and O–H groups in total. The van der Waals surface area contributed by atoms with Crippen LogP contribution in [0, 0.1) is 11.6 Å². The highest BCUT2D eigenvalue weighted by Crippen LogP contribution is 2.27. The standard InChI is InChI=1S/C12H14F2N2O4/c1-2-20-10(17)3-4-15-12(19)16-9-6-7(13)5-8(14)11(9)18/h5-6,18H,2-4H2,1H3,(H2,15,16,19). The summed E-state index contributed by atoms with van der Waals surface area (Å²) in [5.41, 5.74) is -0.406. The van der Waals surface area contributed by atoms with Crippen LogP contribution in [0.25, 0.3) is 0 Å². The van der Waals surface area contributed by atoms with E-state index in [9.17, 15) is 23.5 Å². The Bertz CT molecular complexity index is 508. The van der Waals surface area contributed by atoms with Gasteiger partial charge in [0.1, 0.15) is 5.82 Å². The maximum Gasteiger partial charge on any atom is 0.319 e. The zero-order valence-electron chi connectivity index (χ0n) is 10.7. The first-order valence-corrected chi connectivity index (χ1v) is 5.82. The Morgan fingerprint density at radius 3 is 2.70 bits per heavy atom. The Hall–Kier alpha value is -2.38. The van der Waals surface area contributed by atoms with Crippen molar-refractivity contribution in [3.63, 3.8) is 0 Å². The van der Waals surface area contributed by atoms with Crippen molar-refractivity contribution in [2.24, 2.45) is 0 Å². The fourth-order valence-electron chi connectivity index (χ4n) is 1.34. The number of aromatic hydroxyl groups is 1. The van der Waals surface area contributed by atoms with Crippen molar-refractivity contribution in [3.8, 4) is 5.75 Å². The molecule has 0 aromatic heterocycles.